The lowest BCUT2D eigenvalue weighted by Gasteiger charge is -2.21. The Labute approximate surface area is 454 Å². The lowest BCUT2D eigenvalue weighted by Crippen LogP contribution is -2.30. The maximum atomic E-state index is 12.9. The van der Waals surface area contributed by atoms with Gasteiger partial charge < -0.3 is 33.8 Å². The van der Waals surface area contributed by atoms with Crippen LogP contribution in [0.5, 0.6) is 0 Å². The summed E-state index contributed by atoms with van der Waals surface area (Å²) in [5.74, 6) is -1.39. The number of carbonyl (C=O) groups excluding carboxylic acids is 4. The van der Waals surface area contributed by atoms with E-state index in [0.717, 1.165) is 134 Å². The molecule has 0 saturated heterocycles. The number of ether oxygens (including phenoxy) is 4. The fraction of sp³-hybridized carbons (Fsp3) is 0.929. The third-order valence-corrected chi connectivity index (χ3v) is 14.7. The largest absolute Gasteiger partial charge is 0.472 e. The van der Waals surface area contributed by atoms with Crippen LogP contribution in [0.3, 0.4) is 0 Å². The molecule has 0 rings (SSSR count). The molecule has 0 aliphatic heterocycles. The quantitative estimate of drug-likeness (QED) is 0.0222. The van der Waals surface area contributed by atoms with Crippen molar-refractivity contribution < 1.29 is 80.2 Å². The van der Waals surface area contributed by atoms with Crippen LogP contribution in [0, 0.1) is 5.92 Å². The van der Waals surface area contributed by atoms with E-state index in [1.807, 2.05) is 0 Å². The van der Waals surface area contributed by atoms with Gasteiger partial charge in [-0.05, 0) is 31.6 Å². The van der Waals surface area contributed by atoms with Crippen LogP contribution in [0.1, 0.15) is 272 Å². The van der Waals surface area contributed by atoms with Crippen LogP contribution in [-0.4, -0.2) is 96.7 Å². The number of unbranched alkanes of at least 4 members (excludes halogenated alkanes) is 28. The van der Waals surface area contributed by atoms with Crippen molar-refractivity contribution in [3.8, 4) is 0 Å². The second kappa shape index (κ2) is 50.3. The average molecular weight is 1120 g/mol. The van der Waals surface area contributed by atoms with Crippen molar-refractivity contribution in [1.82, 2.24) is 0 Å². The molecular weight excluding hydrogens is 1010 g/mol. The van der Waals surface area contributed by atoms with Gasteiger partial charge in [0.05, 0.1) is 26.4 Å². The first-order chi connectivity index (χ1) is 36.0. The third-order valence-electron chi connectivity index (χ3n) is 12.8. The predicted molar refractivity (Wildman–Crippen MR) is 294 cm³/mol. The van der Waals surface area contributed by atoms with E-state index in [-0.39, 0.29) is 25.7 Å². The molecular formula is C56H108O17P2. The molecule has 19 heteroatoms. The van der Waals surface area contributed by atoms with E-state index in [4.69, 9.17) is 37.0 Å². The van der Waals surface area contributed by atoms with Gasteiger partial charge >= 0.3 is 39.5 Å². The number of esters is 4. The molecule has 0 aliphatic carbocycles. The monoisotopic (exact) mass is 1110 g/mol. The third kappa shape index (κ3) is 51.3. The number of phosphoric ester groups is 2. The maximum absolute atomic E-state index is 12.9. The van der Waals surface area contributed by atoms with Crippen LogP contribution in [0.25, 0.3) is 0 Å². The Kier molecular flexibility index (Phi) is 49.0. The molecule has 75 heavy (non-hydrogen) atoms. The summed E-state index contributed by atoms with van der Waals surface area (Å²) >= 11 is 0. The minimum atomic E-state index is -4.93. The Bertz CT molecular complexity index is 1480. The average Bonchev–Trinajstić information content (AvgIpc) is 3.37. The normalized spacial score (nSPS) is 14.5. The minimum Gasteiger partial charge on any atom is -0.462 e. The number of hydrogen-bond acceptors (Lipinski definition) is 15. The van der Waals surface area contributed by atoms with Crippen LogP contribution in [0.15, 0.2) is 0 Å². The Morgan fingerprint density at radius 3 is 0.907 bits per heavy atom. The van der Waals surface area contributed by atoms with E-state index in [1.165, 1.54) is 57.8 Å². The van der Waals surface area contributed by atoms with Gasteiger partial charge in [-0.1, -0.05) is 221 Å². The summed E-state index contributed by atoms with van der Waals surface area (Å²) in [6, 6.07) is 0. The van der Waals surface area contributed by atoms with Gasteiger partial charge in [0, 0.05) is 25.7 Å². The number of aliphatic hydroxyl groups is 1. The number of phosphoric acid groups is 2. The van der Waals surface area contributed by atoms with E-state index in [9.17, 15) is 43.2 Å². The van der Waals surface area contributed by atoms with E-state index in [2.05, 4.69) is 34.6 Å². The SMILES string of the molecule is CCCCCCCCCC(=O)OC[C@H](COP(=O)(O)OC[C@H](O)COP(=O)(O)OC[C@@H](COC(=O)CCCCCCCCC)OC(=O)CCCCCCCCCCCCCC(C)C)OC(=O)CCCCCCCCC. The highest BCUT2D eigenvalue weighted by atomic mass is 31.2. The zero-order chi connectivity index (χ0) is 55.7. The summed E-state index contributed by atoms with van der Waals surface area (Å²) in [7, 11) is -9.86. The van der Waals surface area contributed by atoms with Gasteiger partial charge in [0.2, 0.25) is 0 Å². The highest BCUT2D eigenvalue weighted by molar-refractivity contribution is 7.47. The van der Waals surface area contributed by atoms with E-state index >= 15 is 0 Å². The molecule has 0 bridgehead atoms. The van der Waals surface area contributed by atoms with Crippen molar-refractivity contribution in [2.24, 2.45) is 5.92 Å². The molecule has 3 N–H and O–H groups in total. The van der Waals surface area contributed by atoms with E-state index in [0.29, 0.717) is 25.7 Å². The van der Waals surface area contributed by atoms with Crippen molar-refractivity contribution in [2.45, 2.75) is 291 Å². The Balaban J connectivity index is 5.15. The Hall–Kier alpha value is -1.94. The van der Waals surface area contributed by atoms with E-state index in [1.54, 1.807) is 0 Å². The van der Waals surface area contributed by atoms with Gasteiger partial charge in [-0.25, -0.2) is 9.13 Å². The van der Waals surface area contributed by atoms with Crippen molar-refractivity contribution in [3.63, 3.8) is 0 Å². The fourth-order valence-electron chi connectivity index (χ4n) is 8.17. The molecule has 5 atom stereocenters. The number of rotatable bonds is 56. The van der Waals surface area contributed by atoms with Gasteiger partial charge in [-0.2, -0.15) is 0 Å². The number of aliphatic hydroxyl groups excluding tert-OH is 1. The van der Waals surface area contributed by atoms with Crippen molar-refractivity contribution >= 4 is 39.5 Å². The highest BCUT2D eigenvalue weighted by Gasteiger charge is 2.30. The smallest absolute Gasteiger partial charge is 0.462 e. The first kappa shape index (κ1) is 73.1. The van der Waals surface area contributed by atoms with Crippen molar-refractivity contribution in [1.29, 1.82) is 0 Å². The van der Waals surface area contributed by atoms with Crippen molar-refractivity contribution in [2.75, 3.05) is 39.6 Å². The molecule has 0 aromatic rings. The first-order valence-electron chi connectivity index (χ1n) is 29.6. The molecule has 0 radical (unpaired) electrons. The molecule has 2 unspecified atom stereocenters. The van der Waals surface area contributed by atoms with Gasteiger partial charge in [0.25, 0.3) is 0 Å². The fourth-order valence-corrected chi connectivity index (χ4v) is 9.75. The van der Waals surface area contributed by atoms with Crippen LogP contribution in [0.4, 0.5) is 0 Å². The van der Waals surface area contributed by atoms with Crippen molar-refractivity contribution in [3.05, 3.63) is 0 Å². The first-order valence-corrected chi connectivity index (χ1v) is 32.6. The molecule has 0 spiro atoms. The summed E-state index contributed by atoms with van der Waals surface area (Å²) in [5.41, 5.74) is 0. The molecule has 0 amide bonds. The number of hydrogen-bond donors (Lipinski definition) is 3. The van der Waals surface area contributed by atoms with Crippen LogP contribution >= 0.6 is 15.6 Å². The van der Waals surface area contributed by atoms with E-state index < -0.39 is 97.5 Å². The zero-order valence-electron chi connectivity index (χ0n) is 47.7. The molecule has 0 aliphatic rings. The molecule has 444 valence electrons. The molecule has 17 nitrogen and oxygen atoms in total. The maximum Gasteiger partial charge on any atom is 0.472 e. The predicted octanol–water partition coefficient (Wildman–Crippen LogP) is 14.7. The minimum absolute atomic E-state index is 0.103. The van der Waals surface area contributed by atoms with Crippen LogP contribution < -0.4 is 0 Å². The van der Waals surface area contributed by atoms with Gasteiger partial charge in [0.1, 0.15) is 19.3 Å². The standard InChI is InChI=1S/C56H108O17P2/c1-6-9-12-15-23-29-34-39-53(58)66-45-51(72-55(60)41-36-31-25-17-14-11-8-3)47-70-74(62,63)68-43-50(57)44-69-75(64,65)71-48-52(46-67-54(59)40-35-30-24-16-13-10-7-2)73-56(61)42-37-32-27-22-20-18-19-21-26-28-33-38-49(4)5/h49-52,57H,6-48H2,1-5H3,(H,62,63)(H,64,65)/t50-,51+,52+/m0/s1. The van der Waals surface area contributed by atoms with Gasteiger partial charge in [-0.15, -0.1) is 0 Å². The Morgan fingerprint density at radius 2 is 0.613 bits per heavy atom. The van der Waals surface area contributed by atoms with Gasteiger partial charge in [0.15, 0.2) is 12.2 Å². The molecule has 0 heterocycles. The molecule has 0 fully saturated rings. The second-order valence-electron chi connectivity index (χ2n) is 20.8. The molecule has 0 aromatic heterocycles. The summed E-state index contributed by atoms with van der Waals surface area (Å²) in [6.45, 7) is 7.01. The lowest BCUT2D eigenvalue weighted by molar-refractivity contribution is -0.161. The molecule has 0 aromatic carbocycles. The second-order valence-corrected chi connectivity index (χ2v) is 23.7. The zero-order valence-corrected chi connectivity index (χ0v) is 49.5. The summed E-state index contributed by atoms with van der Waals surface area (Å²) in [6.07, 6.45) is 31.1. The summed E-state index contributed by atoms with van der Waals surface area (Å²) < 4.78 is 67.4. The van der Waals surface area contributed by atoms with Gasteiger partial charge in [-0.3, -0.25) is 37.3 Å². The molecule has 0 saturated carbocycles. The highest BCUT2D eigenvalue weighted by Crippen LogP contribution is 2.45. The van der Waals surface area contributed by atoms with Crippen LogP contribution in [-0.2, 0) is 65.4 Å². The topological polar surface area (TPSA) is 237 Å². The van der Waals surface area contributed by atoms with Crippen LogP contribution in [0.2, 0.25) is 0 Å². The summed E-state index contributed by atoms with van der Waals surface area (Å²) in [5, 5.41) is 10.5. The Morgan fingerprint density at radius 1 is 0.360 bits per heavy atom. The summed E-state index contributed by atoms with van der Waals surface area (Å²) in [4.78, 5) is 71.5. The number of carbonyl (C=O) groups is 4. The lowest BCUT2D eigenvalue weighted by atomic mass is 10.0.